The third-order valence-corrected chi connectivity index (χ3v) is 6.64. The number of para-hydroxylation sites is 1. The number of aliphatic hydroxyl groups is 2. The Kier molecular flexibility index (Phi) is 6.28. The molecule has 2 aliphatic rings. The van der Waals surface area contributed by atoms with Crippen molar-refractivity contribution in [1.29, 1.82) is 0 Å². The molecule has 0 radical (unpaired) electrons. The molecule has 0 bridgehead atoms. The Labute approximate surface area is 192 Å². The van der Waals surface area contributed by atoms with E-state index in [4.69, 9.17) is 4.74 Å². The van der Waals surface area contributed by atoms with Gasteiger partial charge in [0.25, 0.3) is 5.91 Å². The summed E-state index contributed by atoms with van der Waals surface area (Å²) >= 11 is 0. The van der Waals surface area contributed by atoms with Gasteiger partial charge in [-0.05, 0) is 30.3 Å². The molecule has 4 N–H and O–H groups in total. The molecule has 2 saturated heterocycles. The van der Waals surface area contributed by atoms with E-state index in [0.29, 0.717) is 5.56 Å². The van der Waals surface area contributed by atoms with Crippen molar-refractivity contribution in [2.45, 2.75) is 24.4 Å². The molecule has 4 unspecified atom stereocenters. The van der Waals surface area contributed by atoms with Crippen LogP contribution in [0.3, 0.4) is 0 Å². The summed E-state index contributed by atoms with van der Waals surface area (Å²) in [7, 11) is 0. The maximum absolute atomic E-state index is 12.7. The predicted molar refractivity (Wildman–Crippen MR) is 124 cm³/mol. The Bertz CT molecular complexity index is 1080. The Morgan fingerprint density at radius 3 is 2.67 bits per heavy atom. The first-order valence-electron chi connectivity index (χ1n) is 11.3. The predicted octanol–water partition coefficient (Wildman–Crippen LogP) is 0.604. The lowest BCUT2D eigenvalue weighted by molar-refractivity contribution is -0.0209. The molecule has 174 valence electrons. The van der Waals surface area contributed by atoms with E-state index in [2.05, 4.69) is 37.2 Å². The normalized spacial score (nSPS) is 26.1. The summed E-state index contributed by atoms with van der Waals surface area (Å²) in [5, 5.41) is 23.5. The molecule has 3 aromatic rings. The van der Waals surface area contributed by atoms with Gasteiger partial charge in [0, 0.05) is 44.0 Å². The molecular weight excluding hydrogens is 422 g/mol. The van der Waals surface area contributed by atoms with Gasteiger partial charge in [-0.15, -0.1) is 0 Å². The second-order valence-electron chi connectivity index (χ2n) is 8.58. The zero-order valence-electron chi connectivity index (χ0n) is 18.3. The number of piperazine rings is 1. The number of fused-ring (bicyclic) bond motifs is 1. The van der Waals surface area contributed by atoms with Gasteiger partial charge in [-0.3, -0.25) is 9.69 Å². The monoisotopic (exact) mass is 451 g/mol. The van der Waals surface area contributed by atoms with Gasteiger partial charge in [0.15, 0.2) is 0 Å². The average Bonchev–Trinajstić information content (AvgIpc) is 3.46. The molecule has 9 nitrogen and oxygen atoms in total. The number of rotatable bonds is 6. The van der Waals surface area contributed by atoms with Gasteiger partial charge in [0.2, 0.25) is 0 Å². The summed E-state index contributed by atoms with van der Waals surface area (Å²) in [5.41, 5.74) is 3.31. The summed E-state index contributed by atoms with van der Waals surface area (Å²) in [6.45, 7) is 3.18. The molecule has 1 aromatic heterocycles. The minimum absolute atomic E-state index is 0.218. The standard InChI is InChI=1S/C24H29N5O4/c30-14-21-23(31)22(29-10-8-28(9-11-29)17-4-2-1-3-5-17)20(33-21)13-25-24(32)16-6-7-18-19(12-16)27-15-26-18/h1-7,12,15,20-23,30-31H,8-11,13-14H2,(H,25,32)(H,26,27). The number of ether oxygens (including phenoxy) is 1. The molecule has 3 heterocycles. The second-order valence-corrected chi connectivity index (χ2v) is 8.58. The van der Waals surface area contributed by atoms with E-state index in [-0.39, 0.29) is 25.1 Å². The summed E-state index contributed by atoms with van der Waals surface area (Å²) in [6, 6.07) is 15.3. The fourth-order valence-corrected chi connectivity index (χ4v) is 4.89. The number of nitrogens with zero attached hydrogens (tertiary/aromatic N) is 3. The lowest BCUT2D eigenvalue weighted by Crippen LogP contribution is -2.57. The van der Waals surface area contributed by atoms with Crippen molar-refractivity contribution in [2.75, 3.05) is 44.2 Å². The van der Waals surface area contributed by atoms with E-state index >= 15 is 0 Å². The van der Waals surface area contributed by atoms with Crippen molar-refractivity contribution in [3.05, 3.63) is 60.4 Å². The molecule has 1 amide bonds. The fraction of sp³-hybridized carbons (Fsp3) is 0.417. The van der Waals surface area contributed by atoms with Crippen LogP contribution in [0.4, 0.5) is 5.69 Å². The largest absolute Gasteiger partial charge is 0.394 e. The Balaban J connectivity index is 1.23. The van der Waals surface area contributed by atoms with Gasteiger partial charge in [-0.2, -0.15) is 0 Å². The minimum atomic E-state index is -0.818. The van der Waals surface area contributed by atoms with E-state index in [9.17, 15) is 15.0 Å². The van der Waals surface area contributed by atoms with Crippen LogP contribution in [0, 0.1) is 0 Å². The number of hydrogen-bond donors (Lipinski definition) is 4. The summed E-state index contributed by atoms with van der Waals surface area (Å²) in [5.74, 6) is -0.218. The van der Waals surface area contributed by atoms with Crippen LogP contribution in [-0.2, 0) is 4.74 Å². The molecule has 33 heavy (non-hydrogen) atoms. The topological polar surface area (TPSA) is 114 Å². The molecule has 2 aromatic carbocycles. The number of nitrogens with one attached hydrogen (secondary N) is 2. The van der Waals surface area contributed by atoms with Crippen LogP contribution in [0.5, 0.6) is 0 Å². The summed E-state index contributed by atoms with van der Waals surface area (Å²) in [4.78, 5) is 24.5. The van der Waals surface area contributed by atoms with Crippen molar-refractivity contribution in [3.8, 4) is 0 Å². The maximum atomic E-state index is 12.7. The van der Waals surface area contributed by atoms with Gasteiger partial charge in [0.05, 0.1) is 36.1 Å². The lowest BCUT2D eigenvalue weighted by Gasteiger charge is -2.41. The molecule has 0 aliphatic carbocycles. The molecule has 9 heteroatoms. The average molecular weight is 452 g/mol. The molecule has 2 aliphatic heterocycles. The van der Waals surface area contributed by atoms with Crippen LogP contribution < -0.4 is 10.2 Å². The molecule has 2 fully saturated rings. The number of carbonyl (C=O) groups is 1. The van der Waals surface area contributed by atoms with E-state index in [0.717, 1.165) is 37.2 Å². The van der Waals surface area contributed by atoms with E-state index in [1.807, 2.05) is 18.2 Å². The van der Waals surface area contributed by atoms with Crippen LogP contribution in [0.1, 0.15) is 10.4 Å². The highest BCUT2D eigenvalue weighted by molar-refractivity contribution is 5.97. The minimum Gasteiger partial charge on any atom is -0.394 e. The smallest absolute Gasteiger partial charge is 0.251 e. The van der Waals surface area contributed by atoms with Gasteiger partial charge in [-0.25, -0.2) is 4.98 Å². The van der Waals surface area contributed by atoms with Crippen LogP contribution in [0.15, 0.2) is 54.9 Å². The highest BCUT2D eigenvalue weighted by atomic mass is 16.5. The van der Waals surface area contributed by atoms with Crippen molar-refractivity contribution < 1.29 is 19.7 Å². The number of imidazole rings is 1. The fourth-order valence-electron chi connectivity index (χ4n) is 4.89. The Morgan fingerprint density at radius 1 is 1.12 bits per heavy atom. The number of H-pyrrole nitrogens is 1. The van der Waals surface area contributed by atoms with Crippen LogP contribution in [0.2, 0.25) is 0 Å². The third kappa shape index (κ3) is 4.45. The van der Waals surface area contributed by atoms with Gasteiger partial charge in [-0.1, -0.05) is 18.2 Å². The first-order valence-corrected chi connectivity index (χ1v) is 11.3. The maximum Gasteiger partial charge on any atom is 0.251 e. The van der Waals surface area contributed by atoms with Crippen molar-refractivity contribution >= 4 is 22.6 Å². The highest BCUT2D eigenvalue weighted by Gasteiger charge is 2.46. The third-order valence-electron chi connectivity index (χ3n) is 6.64. The number of anilines is 1. The van der Waals surface area contributed by atoms with Crippen molar-refractivity contribution in [1.82, 2.24) is 20.2 Å². The van der Waals surface area contributed by atoms with Crippen LogP contribution >= 0.6 is 0 Å². The number of benzene rings is 2. The first kappa shape index (κ1) is 21.8. The van der Waals surface area contributed by atoms with Gasteiger partial charge < -0.3 is 30.2 Å². The number of aromatic nitrogens is 2. The summed E-state index contributed by atoms with van der Waals surface area (Å²) in [6.07, 6.45) is -0.302. The second kappa shape index (κ2) is 9.48. The molecule has 5 rings (SSSR count). The quantitative estimate of drug-likeness (QED) is 0.434. The van der Waals surface area contributed by atoms with Crippen LogP contribution in [0.25, 0.3) is 11.0 Å². The summed E-state index contributed by atoms with van der Waals surface area (Å²) < 4.78 is 5.96. The SMILES string of the molecule is O=C(NCC1OC(CO)C(O)C1N1CCN(c2ccccc2)CC1)c1ccc2nc[nH]c2c1. The number of carbonyl (C=O) groups excluding carboxylic acids is 1. The van der Waals surface area contributed by atoms with Crippen molar-refractivity contribution in [2.24, 2.45) is 0 Å². The van der Waals surface area contributed by atoms with E-state index in [1.54, 1.807) is 24.5 Å². The van der Waals surface area contributed by atoms with Crippen molar-refractivity contribution in [3.63, 3.8) is 0 Å². The van der Waals surface area contributed by atoms with Crippen LogP contribution in [-0.4, -0.2) is 94.7 Å². The zero-order valence-corrected chi connectivity index (χ0v) is 18.3. The zero-order chi connectivity index (χ0) is 22.8. The molecule has 0 saturated carbocycles. The molecular formula is C24H29N5O4. The van der Waals surface area contributed by atoms with Gasteiger partial charge in [0.1, 0.15) is 12.2 Å². The lowest BCUT2D eigenvalue weighted by atomic mass is 10.0. The number of aliphatic hydroxyl groups excluding tert-OH is 2. The van der Waals surface area contributed by atoms with Gasteiger partial charge >= 0.3 is 0 Å². The Morgan fingerprint density at radius 2 is 1.91 bits per heavy atom. The highest BCUT2D eigenvalue weighted by Crippen LogP contribution is 2.27. The van der Waals surface area contributed by atoms with E-state index in [1.165, 1.54) is 5.69 Å². The first-order chi connectivity index (χ1) is 16.1. The molecule has 0 spiro atoms. The van der Waals surface area contributed by atoms with E-state index < -0.39 is 18.3 Å². The molecule has 4 atom stereocenters. The number of hydrogen-bond acceptors (Lipinski definition) is 7. The Hall–Kier alpha value is -2.98. The number of aromatic amines is 1. The number of amides is 1.